The van der Waals surface area contributed by atoms with Gasteiger partial charge >= 0.3 is 5.97 Å². The molecule has 0 bridgehead atoms. The second-order valence-electron chi connectivity index (χ2n) is 3.98. The van der Waals surface area contributed by atoms with E-state index in [2.05, 4.69) is 0 Å². The molecule has 0 atom stereocenters. The zero-order valence-corrected chi connectivity index (χ0v) is 10.9. The van der Waals surface area contributed by atoms with E-state index in [1.54, 1.807) is 30.3 Å². The van der Waals surface area contributed by atoms with Crippen molar-refractivity contribution in [3.8, 4) is 0 Å². The Morgan fingerprint density at radius 1 is 1.26 bits per heavy atom. The summed E-state index contributed by atoms with van der Waals surface area (Å²) in [6.07, 6.45) is 0. The Morgan fingerprint density at radius 2 is 1.89 bits per heavy atom. The maximum Gasteiger partial charge on any atom is 0.324 e. The molecule has 0 aliphatic rings. The highest BCUT2D eigenvalue weighted by molar-refractivity contribution is 7.09. The van der Waals surface area contributed by atoms with Gasteiger partial charge < -0.3 is 5.11 Å². The number of carbonyl (C=O) groups excluding carboxylic acids is 1. The quantitative estimate of drug-likeness (QED) is 0.860. The Morgan fingerprint density at radius 3 is 2.47 bits per heavy atom. The Balaban J connectivity index is 2.44. The lowest BCUT2D eigenvalue weighted by Crippen LogP contribution is -2.19. The fraction of sp³-hybridized carbons (Fsp3) is 0.154. The number of hydrogen-bond acceptors (Lipinski definition) is 4. The van der Waals surface area contributed by atoms with Gasteiger partial charge in [-0.15, -0.1) is 0 Å². The van der Waals surface area contributed by atoms with Crippen molar-refractivity contribution >= 4 is 23.3 Å². The first-order chi connectivity index (χ1) is 9.00. The molecule has 0 spiro atoms. The van der Waals surface area contributed by atoms with Gasteiger partial charge in [0.2, 0.25) is 5.78 Å². The molecule has 0 saturated heterocycles. The molecule has 1 aromatic heterocycles. The van der Waals surface area contributed by atoms with Crippen molar-refractivity contribution in [2.75, 3.05) is 0 Å². The first-order valence-corrected chi connectivity index (χ1v) is 6.30. The molecule has 1 aromatic carbocycles. The van der Waals surface area contributed by atoms with Crippen molar-refractivity contribution in [3.63, 3.8) is 0 Å². The third kappa shape index (κ3) is 2.63. The van der Waals surface area contributed by atoms with Gasteiger partial charge in [-0.05, 0) is 6.92 Å². The van der Waals surface area contributed by atoms with Gasteiger partial charge in [-0.3, -0.25) is 18.3 Å². The minimum absolute atomic E-state index is 0.260. The molecule has 5 nitrogen and oxygen atoms in total. The number of aromatic nitrogens is 1. The normalized spacial score (nSPS) is 10.4. The van der Waals surface area contributed by atoms with Crippen LogP contribution in [0.15, 0.2) is 35.1 Å². The first-order valence-electron chi connectivity index (χ1n) is 5.53. The summed E-state index contributed by atoms with van der Waals surface area (Å²) < 4.78 is 1.08. The lowest BCUT2D eigenvalue weighted by Gasteiger charge is -1.97. The molecule has 6 heteroatoms. The SMILES string of the molecule is Cc1c(C(=O)c2ccccc2)sn(CC(=O)O)c1=O. The van der Waals surface area contributed by atoms with Gasteiger partial charge in [-0.1, -0.05) is 41.9 Å². The maximum absolute atomic E-state index is 12.2. The zero-order chi connectivity index (χ0) is 14.0. The van der Waals surface area contributed by atoms with Crippen molar-refractivity contribution in [3.05, 3.63) is 56.7 Å². The topological polar surface area (TPSA) is 76.4 Å². The summed E-state index contributed by atoms with van der Waals surface area (Å²) >= 11 is 0.891. The van der Waals surface area contributed by atoms with E-state index in [4.69, 9.17) is 5.11 Å². The zero-order valence-electron chi connectivity index (χ0n) is 10.1. The number of carboxylic acid groups (broad SMARTS) is 1. The van der Waals surface area contributed by atoms with Crippen LogP contribution in [0.3, 0.4) is 0 Å². The summed E-state index contributed by atoms with van der Waals surface area (Å²) in [7, 11) is 0. The van der Waals surface area contributed by atoms with E-state index >= 15 is 0 Å². The van der Waals surface area contributed by atoms with Gasteiger partial charge in [0.25, 0.3) is 5.56 Å². The van der Waals surface area contributed by atoms with Crippen LogP contribution in [0.5, 0.6) is 0 Å². The fourth-order valence-electron chi connectivity index (χ4n) is 1.66. The maximum atomic E-state index is 12.2. The molecule has 2 aromatic rings. The number of benzene rings is 1. The smallest absolute Gasteiger partial charge is 0.324 e. The summed E-state index contributed by atoms with van der Waals surface area (Å²) in [5, 5.41) is 8.71. The largest absolute Gasteiger partial charge is 0.480 e. The molecule has 0 saturated carbocycles. The molecule has 1 N–H and O–H groups in total. The summed E-state index contributed by atoms with van der Waals surface area (Å²) in [5.41, 5.74) is 0.348. The van der Waals surface area contributed by atoms with Gasteiger partial charge in [0.05, 0.1) is 0 Å². The summed E-state index contributed by atoms with van der Waals surface area (Å²) in [6.45, 7) is 1.11. The summed E-state index contributed by atoms with van der Waals surface area (Å²) in [4.78, 5) is 35.0. The Hall–Kier alpha value is -2.21. The van der Waals surface area contributed by atoms with Crippen LogP contribution in [0.25, 0.3) is 0 Å². The summed E-state index contributed by atoms with van der Waals surface area (Å²) in [6, 6.07) is 8.59. The average molecular weight is 277 g/mol. The van der Waals surface area contributed by atoms with Gasteiger partial charge in [0.15, 0.2) is 0 Å². The number of hydrogen-bond donors (Lipinski definition) is 1. The number of rotatable bonds is 4. The molecule has 98 valence electrons. The Kier molecular flexibility index (Phi) is 3.62. The first kappa shape index (κ1) is 13.2. The fourth-order valence-corrected chi connectivity index (χ4v) is 2.70. The van der Waals surface area contributed by atoms with E-state index in [0.29, 0.717) is 11.1 Å². The number of carboxylic acids is 1. The van der Waals surface area contributed by atoms with E-state index < -0.39 is 18.1 Å². The van der Waals surface area contributed by atoms with Gasteiger partial charge in [-0.25, -0.2) is 0 Å². The molecular weight excluding hydrogens is 266 g/mol. The number of carbonyl (C=O) groups is 2. The third-order valence-electron chi connectivity index (χ3n) is 2.61. The van der Waals surface area contributed by atoms with Gasteiger partial charge in [-0.2, -0.15) is 0 Å². The van der Waals surface area contributed by atoms with E-state index in [0.717, 1.165) is 15.5 Å². The number of ketones is 1. The van der Waals surface area contributed by atoms with Crippen LogP contribution in [0.4, 0.5) is 0 Å². The minimum Gasteiger partial charge on any atom is -0.480 e. The molecule has 0 fully saturated rings. The predicted molar refractivity (Wildman–Crippen MR) is 70.8 cm³/mol. The molecule has 0 amide bonds. The van der Waals surface area contributed by atoms with Crippen LogP contribution < -0.4 is 5.56 Å². The highest BCUT2D eigenvalue weighted by Gasteiger charge is 2.19. The Bertz CT molecular complexity index is 684. The molecule has 0 unspecified atom stereocenters. The summed E-state index contributed by atoms with van der Waals surface area (Å²) in [5.74, 6) is -1.37. The van der Waals surface area contributed by atoms with Crippen LogP contribution in [0.2, 0.25) is 0 Å². The van der Waals surface area contributed by atoms with Crippen LogP contribution in [-0.2, 0) is 11.3 Å². The number of nitrogens with zero attached hydrogens (tertiary/aromatic N) is 1. The van der Waals surface area contributed by atoms with E-state index in [1.165, 1.54) is 6.92 Å². The van der Waals surface area contributed by atoms with Crippen molar-refractivity contribution in [1.82, 2.24) is 3.96 Å². The predicted octanol–water partition coefficient (Wildman–Crippen LogP) is 1.53. The second-order valence-corrected chi connectivity index (χ2v) is 5.01. The van der Waals surface area contributed by atoms with E-state index in [-0.39, 0.29) is 10.7 Å². The Labute approximate surface area is 112 Å². The van der Waals surface area contributed by atoms with Crippen LogP contribution >= 0.6 is 11.5 Å². The van der Waals surface area contributed by atoms with Crippen molar-refractivity contribution in [2.45, 2.75) is 13.5 Å². The second kappa shape index (κ2) is 5.19. The third-order valence-corrected chi connectivity index (χ3v) is 3.80. The van der Waals surface area contributed by atoms with E-state index in [9.17, 15) is 14.4 Å². The molecule has 1 heterocycles. The van der Waals surface area contributed by atoms with E-state index in [1.807, 2.05) is 0 Å². The standard InChI is InChI=1S/C13H11NO4S/c1-8-12(11(17)9-5-3-2-4-6-9)19-14(13(8)18)7-10(15)16/h2-6H,7H2,1H3,(H,15,16). The molecule has 2 rings (SSSR count). The monoisotopic (exact) mass is 277 g/mol. The van der Waals surface area contributed by atoms with Crippen molar-refractivity contribution < 1.29 is 14.7 Å². The number of aliphatic carboxylic acids is 1. The van der Waals surface area contributed by atoms with Crippen LogP contribution in [0, 0.1) is 6.92 Å². The highest BCUT2D eigenvalue weighted by Crippen LogP contribution is 2.17. The molecule has 0 radical (unpaired) electrons. The lowest BCUT2D eigenvalue weighted by atomic mass is 10.1. The highest BCUT2D eigenvalue weighted by atomic mass is 32.1. The van der Waals surface area contributed by atoms with Crippen molar-refractivity contribution in [2.24, 2.45) is 0 Å². The molecule has 0 aliphatic carbocycles. The van der Waals surface area contributed by atoms with Gasteiger partial charge in [0.1, 0.15) is 11.4 Å². The molecule has 19 heavy (non-hydrogen) atoms. The minimum atomic E-state index is -1.11. The van der Waals surface area contributed by atoms with Crippen molar-refractivity contribution in [1.29, 1.82) is 0 Å². The van der Waals surface area contributed by atoms with Crippen LogP contribution in [0.1, 0.15) is 20.8 Å². The average Bonchev–Trinajstić information content (AvgIpc) is 2.67. The lowest BCUT2D eigenvalue weighted by molar-refractivity contribution is -0.137. The van der Waals surface area contributed by atoms with Crippen LogP contribution in [-0.4, -0.2) is 20.8 Å². The molecule has 0 aliphatic heterocycles. The van der Waals surface area contributed by atoms with Gasteiger partial charge in [0, 0.05) is 11.1 Å². The molecular formula is C13H11NO4S.